The number of rotatable bonds is 6. The number of halogens is 1. The van der Waals surface area contributed by atoms with E-state index in [1.54, 1.807) is 19.2 Å². The first-order chi connectivity index (χ1) is 14.1. The molecule has 7 heteroatoms. The van der Waals surface area contributed by atoms with Crippen LogP contribution < -0.4 is 20.9 Å². The van der Waals surface area contributed by atoms with Crippen molar-refractivity contribution in [2.24, 2.45) is 0 Å². The van der Waals surface area contributed by atoms with Gasteiger partial charge < -0.3 is 14.6 Å². The number of hydrazine groups is 1. The van der Waals surface area contributed by atoms with Crippen molar-refractivity contribution in [2.75, 3.05) is 7.11 Å². The van der Waals surface area contributed by atoms with Gasteiger partial charge in [-0.3, -0.25) is 4.79 Å². The van der Waals surface area contributed by atoms with Gasteiger partial charge in [0.2, 0.25) is 5.91 Å². The number of carbonyl (C=O) groups excluding carboxylic acids is 1. The van der Waals surface area contributed by atoms with E-state index in [0.29, 0.717) is 0 Å². The lowest BCUT2D eigenvalue weighted by molar-refractivity contribution is -0.121. The van der Waals surface area contributed by atoms with Crippen molar-refractivity contribution in [3.05, 3.63) is 65.6 Å². The molecule has 0 aliphatic carbocycles. The highest BCUT2D eigenvalue weighted by atomic mass is 19.1. The molecule has 1 aromatic heterocycles. The monoisotopic (exact) mass is 396 g/mol. The first-order valence-electron chi connectivity index (χ1n) is 9.79. The number of ether oxygens (including phenoxy) is 1. The Morgan fingerprint density at radius 2 is 2.00 bits per heavy atom. The van der Waals surface area contributed by atoms with Crippen LogP contribution in [0.4, 0.5) is 4.39 Å². The van der Waals surface area contributed by atoms with E-state index in [4.69, 9.17) is 4.74 Å². The van der Waals surface area contributed by atoms with Gasteiger partial charge in [-0.2, -0.15) is 0 Å². The van der Waals surface area contributed by atoms with Crippen molar-refractivity contribution >= 4 is 16.8 Å². The molecule has 2 heterocycles. The first kappa shape index (κ1) is 19.4. The Labute approximate surface area is 169 Å². The van der Waals surface area contributed by atoms with E-state index >= 15 is 0 Å². The van der Waals surface area contributed by atoms with Crippen LogP contribution in [0.15, 0.2) is 48.5 Å². The number of aryl methyl sites for hydroxylation is 1. The van der Waals surface area contributed by atoms with E-state index < -0.39 is 0 Å². The zero-order valence-corrected chi connectivity index (χ0v) is 16.5. The summed E-state index contributed by atoms with van der Waals surface area (Å²) in [7, 11) is 1.67. The normalized spacial score (nSPS) is 18.9. The number of hydrogen-bond donors (Lipinski definition) is 3. The van der Waals surface area contributed by atoms with Crippen molar-refractivity contribution in [1.29, 1.82) is 0 Å². The predicted octanol–water partition coefficient (Wildman–Crippen LogP) is 3.03. The van der Waals surface area contributed by atoms with Gasteiger partial charge >= 0.3 is 0 Å². The molecule has 1 amide bonds. The van der Waals surface area contributed by atoms with Gasteiger partial charge in [-0.05, 0) is 42.8 Å². The number of methoxy groups -OCH3 is 1. The molecule has 6 nitrogen and oxygen atoms in total. The SMILES string of the molecule is CCn1c(C2CC(NC(=O)Cc3ccc(F)cc3)NN2)cc2ccc(OC)cc21. The van der Waals surface area contributed by atoms with Gasteiger partial charge in [0.15, 0.2) is 0 Å². The molecule has 0 spiro atoms. The van der Waals surface area contributed by atoms with Gasteiger partial charge in [0, 0.05) is 30.1 Å². The molecule has 2 unspecified atom stereocenters. The molecule has 3 N–H and O–H groups in total. The quantitative estimate of drug-likeness (QED) is 0.599. The van der Waals surface area contributed by atoms with E-state index in [0.717, 1.165) is 35.2 Å². The second kappa shape index (κ2) is 8.23. The highest BCUT2D eigenvalue weighted by Crippen LogP contribution is 2.30. The van der Waals surface area contributed by atoms with Crippen molar-refractivity contribution in [1.82, 2.24) is 20.7 Å². The number of benzene rings is 2. The van der Waals surface area contributed by atoms with Gasteiger partial charge in [-0.25, -0.2) is 15.2 Å². The Morgan fingerprint density at radius 1 is 1.21 bits per heavy atom. The van der Waals surface area contributed by atoms with E-state index in [-0.39, 0.29) is 30.4 Å². The second-order valence-corrected chi connectivity index (χ2v) is 7.24. The zero-order valence-electron chi connectivity index (χ0n) is 16.5. The smallest absolute Gasteiger partial charge is 0.225 e. The number of nitrogens with one attached hydrogen (secondary N) is 3. The van der Waals surface area contributed by atoms with Gasteiger partial charge in [0.1, 0.15) is 11.6 Å². The maximum Gasteiger partial charge on any atom is 0.225 e. The van der Waals surface area contributed by atoms with Crippen LogP contribution in [0.1, 0.15) is 30.6 Å². The predicted molar refractivity (Wildman–Crippen MR) is 110 cm³/mol. The van der Waals surface area contributed by atoms with Gasteiger partial charge in [0.05, 0.1) is 31.3 Å². The topological polar surface area (TPSA) is 67.3 Å². The molecular formula is C22H25FN4O2. The van der Waals surface area contributed by atoms with Crippen molar-refractivity contribution in [2.45, 2.75) is 38.5 Å². The van der Waals surface area contributed by atoms with Crippen LogP contribution in [-0.4, -0.2) is 23.7 Å². The van der Waals surface area contributed by atoms with Gasteiger partial charge in [0.25, 0.3) is 0 Å². The van der Waals surface area contributed by atoms with Crippen LogP contribution in [0, 0.1) is 5.82 Å². The van der Waals surface area contributed by atoms with Gasteiger partial charge in [-0.1, -0.05) is 12.1 Å². The molecule has 0 saturated carbocycles. The molecule has 2 aromatic carbocycles. The van der Waals surface area contributed by atoms with Crippen molar-refractivity contribution in [3.63, 3.8) is 0 Å². The lowest BCUT2D eigenvalue weighted by Crippen LogP contribution is -2.44. The number of carbonyl (C=O) groups is 1. The number of fused-ring (bicyclic) bond motifs is 1. The molecule has 1 fully saturated rings. The summed E-state index contributed by atoms with van der Waals surface area (Å²) in [6.07, 6.45) is 0.770. The maximum atomic E-state index is 13.0. The van der Waals surface area contributed by atoms with E-state index in [1.807, 2.05) is 12.1 Å². The van der Waals surface area contributed by atoms with E-state index in [1.165, 1.54) is 17.8 Å². The van der Waals surface area contributed by atoms with E-state index in [9.17, 15) is 9.18 Å². The number of hydrogen-bond acceptors (Lipinski definition) is 4. The lowest BCUT2D eigenvalue weighted by Gasteiger charge is -2.14. The van der Waals surface area contributed by atoms with Crippen LogP contribution >= 0.6 is 0 Å². The standard InChI is InChI=1S/C22H25FN4O2/c1-3-27-19-12-17(29-2)9-6-15(19)11-20(27)18-13-21(26-25-18)24-22(28)10-14-4-7-16(23)8-5-14/h4-9,11-12,18,21,25-26H,3,10,13H2,1-2H3,(H,24,28). The van der Waals surface area contributed by atoms with Crippen LogP contribution in [-0.2, 0) is 17.8 Å². The zero-order chi connectivity index (χ0) is 20.4. The molecular weight excluding hydrogens is 371 g/mol. The maximum absolute atomic E-state index is 13.0. The Kier molecular flexibility index (Phi) is 5.51. The van der Waals surface area contributed by atoms with Crippen LogP contribution in [0.5, 0.6) is 5.75 Å². The molecule has 1 aliphatic rings. The Morgan fingerprint density at radius 3 is 2.72 bits per heavy atom. The molecule has 4 rings (SSSR count). The third-order valence-corrected chi connectivity index (χ3v) is 5.33. The largest absolute Gasteiger partial charge is 0.497 e. The average Bonchev–Trinajstić information content (AvgIpc) is 3.32. The third-order valence-electron chi connectivity index (χ3n) is 5.33. The summed E-state index contributed by atoms with van der Waals surface area (Å²) in [4.78, 5) is 12.3. The number of nitrogens with zero attached hydrogens (tertiary/aromatic N) is 1. The summed E-state index contributed by atoms with van der Waals surface area (Å²) < 4.78 is 20.6. The highest BCUT2D eigenvalue weighted by Gasteiger charge is 2.28. The fourth-order valence-electron chi connectivity index (χ4n) is 3.90. The van der Waals surface area contributed by atoms with Crippen molar-refractivity contribution < 1.29 is 13.9 Å². The molecule has 0 radical (unpaired) electrons. The summed E-state index contributed by atoms with van der Waals surface area (Å²) in [5, 5.41) is 4.16. The highest BCUT2D eigenvalue weighted by molar-refractivity contribution is 5.83. The van der Waals surface area contributed by atoms with E-state index in [2.05, 4.69) is 39.8 Å². The van der Waals surface area contributed by atoms with Gasteiger partial charge in [-0.15, -0.1) is 0 Å². The van der Waals surface area contributed by atoms with Crippen LogP contribution in [0.3, 0.4) is 0 Å². The Bertz CT molecular complexity index is 1020. The third kappa shape index (κ3) is 4.11. The molecule has 152 valence electrons. The molecule has 0 bridgehead atoms. The summed E-state index contributed by atoms with van der Waals surface area (Å²) in [5.74, 6) is 0.431. The molecule has 2 atom stereocenters. The van der Waals surface area contributed by atoms with Crippen molar-refractivity contribution in [3.8, 4) is 5.75 Å². The minimum atomic E-state index is -0.303. The molecule has 1 saturated heterocycles. The minimum absolute atomic E-state index is 0.0736. The second-order valence-electron chi connectivity index (χ2n) is 7.24. The lowest BCUT2D eigenvalue weighted by atomic mass is 10.1. The first-order valence-corrected chi connectivity index (χ1v) is 9.79. The Hall–Kier alpha value is -2.90. The summed E-state index contributed by atoms with van der Waals surface area (Å²) in [5.41, 5.74) is 9.55. The fraction of sp³-hybridized carbons (Fsp3) is 0.318. The summed E-state index contributed by atoms with van der Waals surface area (Å²) in [6.45, 7) is 2.96. The summed E-state index contributed by atoms with van der Waals surface area (Å²) >= 11 is 0. The minimum Gasteiger partial charge on any atom is -0.497 e. The Balaban J connectivity index is 1.44. The van der Waals surface area contributed by atoms with Crippen LogP contribution in [0.2, 0.25) is 0 Å². The number of amides is 1. The molecule has 3 aromatic rings. The summed E-state index contributed by atoms with van der Waals surface area (Å²) in [6, 6.07) is 14.3. The molecule has 29 heavy (non-hydrogen) atoms. The fourth-order valence-corrected chi connectivity index (χ4v) is 3.90. The van der Waals surface area contributed by atoms with Crippen LogP contribution in [0.25, 0.3) is 10.9 Å². The average molecular weight is 396 g/mol. The molecule has 1 aliphatic heterocycles. The number of aromatic nitrogens is 1.